The fourth-order valence-electron chi connectivity index (χ4n) is 3.42. The lowest BCUT2D eigenvalue weighted by atomic mass is 9.81. The molecule has 0 radical (unpaired) electrons. The summed E-state index contributed by atoms with van der Waals surface area (Å²) in [5, 5.41) is 23.3. The minimum absolute atomic E-state index is 0.138. The second-order valence-corrected chi connectivity index (χ2v) is 6.29. The molecule has 9 heteroatoms. The van der Waals surface area contributed by atoms with Crippen molar-refractivity contribution in [3.63, 3.8) is 0 Å². The summed E-state index contributed by atoms with van der Waals surface area (Å²) in [6.45, 7) is 1.65. The van der Waals surface area contributed by atoms with Crippen LogP contribution in [0.15, 0.2) is 47.1 Å². The molecular formula is C17H18N2O7. The highest BCUT2D eigenvalue weighted by Crippen LogP contribution is 2.48. The fraction of sp³-hybridized carbons (Fsp3) is 0.412. The number of nitro groups is 2. The number of para-hydroxylation sites is 1. The SMILES string of the molecule is COC1(C)CC(c2ccco2)C([N+](=O)[O-])C(c2ccccc2[N+](=O)[O-])O1. The Hall–Kier alpha value is -2.78. The van der Waals surface area contributed by atoms with Crippen LogP contribution < -0.4 is 0 Å². The average Bonchev–Trinajstić information content (AvgIpc) is 3.15. The lowest BCUT2D eigenvalue weighted by Crippen LogP contribution is -2.49. The Morgan fingerprint density at radius 1 is 1.19 bits per heavy atom. The Morgan fingerprint density at radius 3 is 2.50 bits per heavy atom. The summed E-state index contributed by atoms with van der Waals surface area (Å²) >= 11 is 0. The maximum atomic E-state index is 11.9. The van der Waals surface area contributed by atoms with Gasteiger partial charge in [0.2, 0.25) is 0 Å². The zero-order chi connectivity index (χ0) is 18.9. The second-order valence-electron chi connectivity index (χ2n) is 6.29. The van der Waals surface area contributed by atoms with Crippen LogP contribution in [0.2, 0.25) is 0 Å². The van der Waals surface area contributed by atoms with Crippen LogP contribution in [-0.4, -0.2) is 28.8 Å². The van der Waals surface area contributed by atoms with Crippen LogP contribution in [0, 0.1) is 20.2 Å². The van der Waals surface area contributed by atoms with Gasteiger partial charge < -0.3 is 13.9 Å². The van der Waals surface area contributed by atoms with Crippen LogP contribution in [0.4, 0.5) is 5.69 Å². The van der Waals surface area contributed by atoms with Crippen molar-refractivity contribution in [2.24, 2.45) is 0 Å². The normalized spacial score (nSPS) is 28.6. The number of ether oxygens (including phenoxy) is 2. The van der Waals surface area contributed by atoms with Gasteiger partial charge >= 0.3 is 0 Å². The van der Waals surface area contributed by atoms with E-state index in [2.05, 4.69) is 0 Å². The Labute approximate surface area is 148 Å². The van der Waals surface area contributed by atoms with Gasteiger partial charge in [-0.2, -0.15) is 0 Å². The Morgan fingerprint density at radius 2 is 1.92 bits per heavy atom. The molecule has 0 bridgehead atoms. The average molecular weight is 362 g/mol. The standard InChI is InChI=1S/C17H18N2O7/c1-17(24-2)10-12(14-8-5-9-25-14)15(19(22)23)16(26-17)11-6-3-4-7-13(11)18(20)21/h3-9,12,15-16H,10H2,1-2H3. The summed E-state index contributed by atoms with van der Waals surface area (Å²) in [5.41, 5.74) is -0.0957. The van der Waals surface area contributed by atoms with Crippen LogP contribution >= 0.6 is 0 Å². The van der Waals surface area contributed by atoms with Crippen molar-refractivity contribution in [3.8, 4) is 0 Å². The van der Waals surface area contributed by atoms with Crippen molar-refractivity contribution in [2.45, 2.75) is 37.2 Å². The van der Waals surface area contributed by atoms with Crippen molar-refractivity contribution in [1.29, 1.82) is 0 Å². The third kappa shape index (κ3) is 3.18. The number of nitro benzene ring substituents is 1. The number of nitrogens with zero attached hydrogens (tertiary/aromatic N) is 2. The monoisotopic (exact) mass is 362 g/mol. The molecule has 138 valence electrons. The quantitative estimate of drug-likeness (QED) is 0.590. The van der Waals surface area contributed by atoms with Gasteiger partial charge in [-0.3, -0.25) is 20.2 Å². The first-order valence-electron chi connectivity index (χ1n) is 7.99. The van der Waals surface area contributed by atoms with Crippen LogP contribution in [0.3, 0.4) is 0 Å². The molecule has 0 N–H and O–H groups in total. The lowest BCUT2D eigenvalue weighted by Gasteiger charge is -2.42. The van der Waals surface area contributed by atoms with Crippen molar-refractivity contribution in [1.82, 2.24) is 0 Å². The molecule has 1 aromatic heterocycles. The molecule has 1 aliphatic rings. The first kappa shape index (κ1) is 18.0. The minimum Gasteiger partial charge on any atom is -0.469 e. The topological polar surface area (TPSA) is 118 Å². The third-order valence-electron chi connectivity index (χ3n) is 4.71. The van der Waals surface area contributed by atoms with Gasteiger partial charge in [0.15, 0.2) is 11.9 Å². The number of hydrogen-bond acceptors (Lipinski definition) is 7. The van der Waals surface area contributed by atoms with E-state index in [1.54, 1.807) is 25.1 Å². The molecule has 3 rings (SSSR count). The van der Waals surface area contributed by atoms with E-state index in [0.29, 0.717) is 5.76 Å². The van der Waals surface area contributed by atoms with E-state index in [1.807, 2.05) is 0 Å². The zero-order valence-corrected chi connectivity index (χ0v) is 14.2. The number of hydrogen-bond donors (Lipinski definition) is 0. The molecule has 0 saturated carbocycles. The number of benzene rings is 1. The highest BCUT2D eigenvalue weighted by molar-refractivity contribution is 5.42. The van der Waals surface area contributed by atoms with Gasteiger partial charge in [0.05, 0.1) is 22.7 Å². The molecule has 9 nitrogen and oxygen atoms in total. The van der Waals surface area contributed by atoms with Gasteiger partial charge in [-0.15, -0.1) is 0 Å². The van der Waals surface area contributed by atoms with Gasteiger partial charge in [-0.1, -0.05) is 12.1 Å². The number of methoxy groups -OCH3 is 1. The lowest BCUT2D eigenvalue weighted by molar-refractivity contribution is -0.556. The van der Waals surface area contributed by atoms with E-state index in [1.165, 1.54) is 31.6 Å². The predicted octanol–water partition coefficient (Wildman–Crippen LogP) is 3.44. The summed E-state index contributed by atoms with van der Waals surface area (Å²) in [5.74, 6) is -1.40. The molecule has 26 heavy (non-hydrogen) atoms. The second kappa shape index (κ2) is 6.85. The molecular weight excluding hydrogens is 344 g/mol. The first-order valence-corrected chi connectivity index (χ1v) is 7.99. The molecule has 4 unspecified atom stereocenters. The van der Waals surface area contributed by atoms with Crippen molar-refractivity contribution < 1.29 is 23.7 Å². The third-order valence-corrected chi connectivity index (χ3v) is 4.71. The molecule has 0 spiro atoms. The van der Waals surface area contributed by atoms with Gasteiger partial charge in [0.1, 0.15) is 5.76 Å². The molecule has 2 aromatic rings. The van der Waals surface area contributed by atoms with E-state index >= 15 is 0 Å². The summed E-state index contributed by atoms with van der Waals surface area (Å²) in [6.07, 6.45) is 0.450. The van der Waals surface area contributed by atoms with Crippen LogP contribution in [-0.2, 0) is 9.47 Å². The van der Waals surface area contributed by atoms with Gasteiger partial charge in [-0.05, 0) is 25.1 Å². The Balaban J connectivity index is 2.14. The summed E-state index contributed by atoms with van der Waals surface area (Å²) in [4.78, 5) is 22.3. The van der Waals surface area contributed by atoms with E-state index < -0.39 is 33.7 Å². The Kier molecular flexibility index (Phi) is 4.75. The van der Waals surface area contributed by atoms with Crippen molar-refractivity contribution in [3.05, 3.63) is 74.2 Å². The van der Waals surface area contributed by atoms with Crippen LogP contribution in [0.1, 0.15) is 36.7 Å². The molecule has 1 aliphatic heterocycles. The Bertz CT molecular complexity index is 807. The summed E-state index contributed by atoms with van der Waals surface area (Å²) in [7, 11) is 1.43. The maximum Gasteiger partial charge on any atom is 0.275 e. The number of furan rings is 1. The molecule has 0 amide bonds. The largest absolute Gasteiger partial charge is 0.469 e. The molecule has 2 heterocycles. The predicted molar refractivity (Wildman–Crippen MR) is 89.2 cm³/mol. The molecule has 0 aliphatic carbocycles. The summed E-state index contributed by atoms with van der Waals surface area (Å²) < 4.78 is 16.7. The smallest absolute Gasteiger partial charge is 0.275 e. The highest BCUT2D eigenvalue weighted by Gasteiger charge is 2.54. The van der Waals surface area contributed by atoms with Crippen molar-refractivity contribution in [2.75, 3.05) is 7.11 Å². The minimum atomic E-state index is -1.26. The van der Waals surface area contributed by atoms with Gasteiger partial charge in [0, 0.05) is 24.5 Å². The fourth-order valence-corrected chi connectivity index (χ4v) is 3.42. The van der Waals surface area contributed by atoms with Crippen LogP contribution in [0.25, 0.3) is 0 Å². The van der Waals surface area contributed by atoms with Gasteiger partial charge in [0.25, 0.3) is 11.7 Å². The van der Waals surface area contributed by atoms with Gasteiger partial charge in [-0.25, -0.2) is 0 Å². The van der Waals surface area contributed by atoms with E-state index in [-0.39, 0.29) is 17.7 Å². The molecule has 4 atom stereocenters. The molecule has 1 fully saturated rings. The zero-order valence-electron chi connectivity index (χ0n) is 14.2. The highest BCUT2D eigenvalue weighted by atomic mass is 16.7. The summed E-state index contributed by atoms with van der Waals surface area (Å²) in [6, 6.07) is 7.90. The first-order chi connectivity index (χ1) is 12.4. The van der Waals surface area contributed by atoms with E-state index in [0.717, 1.165) is 0 Å². The van der Waals surface area contributed by atoms with E-state index in [9.17, 15) is 20.2 Å². The molecule has 1 saturated heterocycles. The maximum absolute atomic E-state index is 11.9. The van der Waals surface area contributed by atoms with E-state index in [4.69, 9.17) is 13.9 Å². The molecule has 1 aromatic carbocycles. The van der Waals surface area contributed by atoms with Crippen molar-refractivity contribution >= 4 is 5.69 Å². The van der Waals surface area contributed by atoms with Crippen LogP contribution in [0.5, 0.6) is 0 Å². The number of rotatable bonds is 5.